The molecule has 322 valence electrons. The van der Waals surface area contributed by atoms with E-state index in [1.54, 1.807) is 0 Å². The van der Waals surface area contributed by atoms with Gasteiger partial charge in [0.25, 0.3) is 0 Å². The summed E-state index contributed by atoms with van der Waals surface area (Å²) in [5, 5.41) is 2.95. The van der Waals surface area contributed by atoms with Crippen LogP contribution in [-0.4, -0.2) is 44.2 Å². The van der Waals surface area contributed by atoms with E-state index in [1.165, 1.54) is 212 Å². The van der Waals surface area contributed by atoms with Crippen LogP contribution in [0, 0.1) is 5.92 Å². The Morgan fingerprint density at radius 2 is 1.02 bits per heavy atom. The van der Waals surface area contributed by atoms with Gasteiger partial charge in [0.1, 0.15) is 6.10 Å². The van der Waals surface area contributed by atoms with Crippen molar-refractivity contribution in [2.75, 3.05) is 26.4 Å². The van der Waals surface area contributed by atoms with E-state index in [4.69, 9.17) is 14.2 Å². The molecule has 1 N–H and O–H groups in total. The molecule has 1 aliphatic rings. The fraction of sp³-hybridized carbons (Fsp3) is 0.980. The van der Waals surface area contributed by atoms with Crippen LogP contribution in [0.5, 0.6) is 0 Å². The molecule has 0 radical (unpaired) electrons. The average molecular weight is 764 g/mol. The predicted molar refractivity (Wildman–Crippen MR) is 235 cm³/mol. The van der Waals surface area contributed by atoms with Crippen LogP contribution in [0.4, 0.5) is 4.79 Å². The van der Waals surface area contributed by atoms with Crippen molar-refractivity contribution < 1.29 is 19.0 Å². The molecule has 5 nitrogen and oxygen atoms in total. The number of carbonyl (C=O) groups excluding carboxylic acids is 1. The summed E-state index contributed by atoms with van der Waals surface area (Å²) in [6.07, 6.45) is 49.9. The summed E-state index contributed by atoms with van der Waals surface area (Å²) in [6, 6.07) is 0. The van der Waals surface area contributed by atoms with Crippen molar-refractivity contribution in [2.45, 2.75) is 277 Å². The Morgan fingerprint density at radius 1 is 0.593 bits per heavy atom. The van der Waals surface area contributed by atoms with Crippen molar-refractivity contribution in [3.63, 3.8) is 0 Å². The van der Waals surface area contributed by atoms with Gasteiger partial charge in [-0.25, -0.2) is 4.79 Å². The normalized spacial score (nSPS) is 14.0. The molecule has 54 heavy (non-hydrogen) atoms. The van der Waals surface area contributed by atoms with Gasteiger partial charge < -0.3 is 19.5 Å². The molecule has 1 aliphatic carbocycles. The van der Waals surface area contributed by atoms with Crippen LogP contribution in [0.2, 0.25) is 0 Å². The van der Waals surface area contributed by atoms with E-state index in [9.17, 15) is 4.79 Å². The molecule has 1 saturated carbocycles. The molecule has 0 aliphatic heterocycles. The van der Waals surface area contributed by atoms with Crippen molar-refractivity contribution in [1.29, 1.82) is 0 Å². The van der Waals surface area contributed by atoms with E-state index in [-0.39, 0.29) is 17.8 Å². The monoisotopic (exact) mass is 764 g/mol. The lowest BCUT2D eigenvalue weighted by atomic mass is 9.81. The van der Waals surface area contributed by atoms with E-state index < -0.39 is 0 Å². The molecule has 1 amide bonds. The Labute approximate surface area is 338 Å². The summed E-state index contributed by atoms with van der Waals surface area (Å²) < 4.78 is 17.7. The molecular formula is C49H97NO4. The van der Waals surface area contributed by atoms with Gasteiger partial charge in [0, 0.05) is 19.8 Å². The van der Waals surface area contributed by atoms with Crippen molar-refractivity contribution in [1.82, 2.24) is 5.32 Å². The zero-order valence-corrected chi connectivity index (χ0v) is 37.3. The van der Waals surface area contributed by atoms with Crippen LogP contribution in [-0.2, 0) is 14.2 Å². The number of carbonyl (C=O) groups is 1. The lowest BCUT2D eigenvalue weighted by molar-refractivity contribution is -0.0167. The van der Waals surface area contributed by atoms with E-state index >= 15 is 0 Å². The Balaban J connectivity index is 2.06. The third-order valence-corrected chi connectivity index (χ3v) is 12.1. The highest BCUT2D eigenvalue weighted by molar-refractivity contribution is 5.67. The number of hydrogen-bond donors (Lipinski definition) is 1. The van der Waals surface area contributed by atoms with Crippen molar-refractivity contribution in [3.05, 3.63) is 0 Å². The lowest BCUT2D eigenvalue weighted by Crippen LogP contribution is -2.35. The largest absolute Gasteiger partial charge is 0.444 e. The summed E-state index contributed by atoms with van der Waals surface area (Å²) in [5.41, 5.74) is -0.245. The second-order valence-corrected chi connectivity index (χ2v) is 18.0. The highest BCUT2D eigenvalue weighted by Gasteiger charge is 2.19. The third-order valence-electron chi connectivity index (χ3n) is 12.1. The number of nitrogens with one attached hydrogen (secondary N) is 1. The molecule has 0 aromatic rings. The highest BCUT2D eigenvalue weighted by atomic mass is 16.6. The molecule has 1 fully saturated rings. The standard InChI is InChI=1S/C49H97NO4/c1-5-7-8-9-10-11-12-13-14-17-20-23-26-29-32-35-41-47(54-48(51)50-43-42-49(3,4)53-6-2)45-52-44-36-33-30-27-24-21-18-15-16-19-22-25-28-31-34-38-46-39-37-40-46/h46-47H,5-45H2,1-4H3,(H,50,51). The van der Waals surface area contributed by atoms with E-state index in [2.05, 4.69) is 26.1 Å². The van der Waals surface area contributed by atoms with E-state index in [1.807, 2.05) is 6.92 Å². The molecule has 1 unspecified atom stereocenters. The number of alkyl carbamates (subject to hydrolysis) is 1. The predicted octanol–water partition coefficient (Wildman–Crippen LogP) is 16.0. The molecule has 0 saturated heterocycles. The molecule has 1 atom stereocenters. The summed E-state index contributed by atoms with van der Waals surface area (Å²) in [7, 11) is 0. The van der Waals surface area contributed by atoms with Gasteiger partial charge in [-0.05, 0) is 52.4 Å². The first-order valence-electron chi connectivity index (χ1n) is 24.6. The smallest absolute Gasteiger partial charge is 0.407 e. The summed E-state index contributed by atoms with van der Waals surface area (Å²) >= 11 is 0. The van der Waals surface area contributed by atoms with Gasteiger partial charge in [-0.1, -0.05) is 219 Å². The Hall–Kier alpha value is -0.810. The van der Waals surface area contributed by atoms with E-state index in [0.29, 0.717) is 19.8 Å². The van der Waals surface area contributed by atoms with Crippen molar-refractivity contribution in [2.24, 2.45) is 5.92 Å². The number of ether oxygens (including phenoxy) is 3. The van der Waals surface area contributed by atoms with Gasteiger partial charge >= 0.3 is 6.09 Å². The second kappa shape index (κ2) is 39.0. The van der Waals surface area contributed by atoms with Gasteiger partial charge in [0.05, 0.1) is 12.2 Å². The van der Waals surface area contributed by atoms with E-state index in [0.717, 1.165) is 38.2 Å². The SMILES string of the molecule is CCCCCCCCCCCCCCCCCCC(COCCCCCCCCCCCCCCCCCC1CCC1)OC(=O)NCCC(C)(C)OCC. The maximum absolute atomic E-state index is 12.7. The molecule has 1 rings (SSSR count). The minimum absolute atomic E-state index is 0.168. The van der Waals surface area contributed by atoms with Crippen LogP contribution in [0.3, 0.4) is 0 Å². The molecule has 0 aromatic heterocycles. The van der Waals surface area contributed by atoms with Gasteiger partial charge in [-0.2, -0.15) is 0 Å². The fourth-order valence-corrected chi connectivity index (χ4v) is 8.15. The maximum Gasteiger partial charge on any atom is 0.407 e. The Kier molecular flexibility index (Phi) is 37.0. The summed E-state index contributed by atoms with van der Waals surface area (Å²) in [5.74, 6) is 1.10. The highest BCUT2D eigenvalue weighted by Crippen LogP contribution is 2.31. The zero-order chi connectivity index (χ0) is 39.1. The molecule has 0 heterocycles. The van der Waals surface area contributed by atoms with Crippen LogP contribution >= 0.6 is 0 Å². The number of rotatable bonds is 43. The van der Waals surface area contributed by atoms with Crippen molar-refractivity contribution in [3.8, 4) is 0 Å². The molecule has 0 spiro atoms. The van der Waals surface area contributed by atoms with Gasteiger partial charge in [-0.15, -0.1) is 0 Å². The molecular weight excluding hydrogens is 667 g/mol. The van der Waals surface area contributed by atoms with Crippen LogP contribution in [0.1, 0.15) is 265 Å². The minimum Gasteiger partial charge on any atom is -0.444 e. The lowest BCUT2D eigenvalue weighted by Gasteiger charge is -2.25. The first kappa shape index (κ1) is 51.2. The number of amides is 1. The van der Waals surface area contributed by atoms with Crippen LogP contribution in [0.15, 0.2) is 0 Å². The Bertz CT molecular complexity index is 769. The topological polar surface area (TPSA) is 56.8 Å². The van der Waals surface area contributed by atoms with Gasteiger partial charge in [-0.3, -0.25) is 0 Å². The number of unbranched alkanes of at least 4 members (excludes halogenated alkanes) is 29. The first-order valence-corrected chi connectivity index (χ1v) is 24.6. The minimum atomic E-state index is -0.322. The van der Waals surface area contributed by atoms with Gasteiger partial charge in [0.2, 0.25) is 0 Å². The van der Waals surface area contributed by atoms with Gasteiger partial charge in [0.15, 0.2) is 0 Å². The quantitative estimate of drug-likeness (QED) is 0.0628. The third kappa shape index (κ3) is 35.6. The molecule has 0 aromatic carbocycles. The Morgan fingerprint density at radius 3 is 1.44 bits per heavy atom. The first-order chi connectivity index (χ1) is 26.5. The summed E-state index contributed by atoms with van der Waals surface area (Å²) in [6.45, 7) is 10.9. The summed E-state index contributed by atoms with van der Waals surface area (Å²) in [4.78, 5) is 12.7. The van der Waals surface area contributed by atoms with Crippen LogP contribution < -0.4 is 5.32 Å². The van der Waals surface area contributed by atoms with Crippen molar-refractivity contribution >= 4 is 6.09 Å². The molecule has 5 heteroatoms. The fourth-order valence-electron chi connectivity index (χ4n) is 8.15. The number of hydrogen-bond acceptors (Lipinski definition) is 4. The molecule has 0 bridgehead atoms. The zero-order valence-electron chi connectivity index (χ0n) is 37.3. The maximum atomic E-state index is 12.7. The average Bonchev–Trinajstić information content (AvgIpc) is 3.12. The van der Waals surface area contributed by atoms with Crippen LogP contribution in [0.25, 0.3) is 0 Å². The second-order valence-electron chi connectivity index (χ2n) is 18.0.